The standard InChI is InChI=1S/C44H30N4O4/c49-29-9-1-25(2-10-29)41-33-17-19-35(45-33)42(26-3-11-30(50)12-4-26)37-21-23-39(47-37)44(28-7-15-32(52)16-8-28)40-24-22-38(48-40)43(36-20-18-34(41)46-36)27-5-13-31(51)14-6-27/h1-24,45-46,49-52H. The second-order valence-corrected chi connectivity index (χ2v) is 12.7. The highest BCUT2D eigenvalue weighted by atomic mass is 16.3. The summed E-state index contributed by atoms with van der Waals surface area (Å²) in [6.07, 6.45) is 7.92. The van der Waals surface area contributed by atoms with Crippen LogP contribution in [0.4, 0.5) is 0 Å². The van der Waals surface area contributed by atoms with Crippen molar-refractivity contribution in [2.24, 2.45) is 0 Å². The molecule has 0 spiro atoms. The number of rotatable bonds is 4. The summed E-state index contributed by atoms with van der Waals surface area (Å²) >= 11 is 0. The van der Waals surface area contributed by atoms with Crippen molar-refractivity contribution in [1.82, 2.24) is 19.9 Å². The first-order valence-corrected chi connectivity index (χ1v) is 16.7. The Morgan fingerprint density at radius 2 is 0.538 bits per heavy atom. The van der Waals surface area contributed by atoms with Crippen molar-refractivity contribution in [2.75, 3.05) is 0 Å². The van der Waals surface area contributed by atoms with Crippen molar-refractivity contribution in [3.63, 3.8) is 0 Å². The van der Waals surface area contributed by atoms with Crippen molar-refractivity contribution in [3.05, 3.63) is 144 Å². The molecule has 6 N–H and O–H groups in total. The average molecular weight is 679 g/mol. The Morgan fingerprint density at radius 1 is 0.288 bits per heavy atom. The third kappa shape index (κ3) is 5.45. The Bertz CT molecular complexity index is 2600. The van der Waals surface area contributed by atoms with Crippen molar-refractivity contribution < 1.29 is 20.4 Å². The molecule has 2 aliphatic rings. The van der Waals surface area contributed by atoms with Crippen LogP contribution in [-0.2, 0) is 0 Å². The minimum atomic E-state index is 0.157. The van der Waals surface area contributed by atoms with Crippen LogP contribution in [-0.4, -0.2) is 40.4 Å². The highest BCUT2D eigenvalue weighted by Crippen LogP contribution is 2.39. The van der Waals surface area contributed by atoms with Gasteiger partial charge in [-0.15, -0.1) is 0 Å². The topological polar surface area (TPSA) is 138 Å². The van der Waals surface area contributed by atoms with Crippen LogP contribution < -0.4 is 0 Å². The van der Waals surface area contributed by atoms with E-state index in [-0.39, 0.29) is 23.0 Å². The molecule has 0 saturated heterocycles. The number of aromatic nitrogens is 4. The van der Waals surface area contributed by atoms with Crippen molar-refractivity contribution in [2.45, 2.75) is 0 Å². The first-order valence-electron chi connectivity index (χ1n) is 16.7. The molecule has 4 aromatic carbocycles. The van der Waals surface area contributed by atoms with Gasteiger partial charge < -0.3 is 30.4 Å². The minimum Gasteiger partial charge on any atom is -0.508 e. The van der Waals surface area contributed by atoms with Gasteiger partial charge in [-0.3, -0.25) is 0 Å². The number of nitrogens with zero attached hydrogens (tertiary/aromatic N) is 2. The molecule has 52 heavy (non-hydrogen) atoms. The fourth-order valence-electron chi connectivity index (χ4n) is 6.93. The van der Waals surface area contributed by atoms with Crippen LogP contribution in [0.15, 0.2) is 121 Å². The number of H-pyrrole nitrogens is 2. The molecule has 0 atom stereocenters. The Hall–Kier alpha value is -7.32. The van der Waals surface area contributed by atoms with Crippen molar-refractivity contribution >= 4 is 46.4 Å². The summed E-state index contributed by atoms with van der Waals surface area (Å²) in [6, 6.07) is 36.4. The van der Waals surface area contributed by atoms with Crippen molar-refractivity contribution in [3.8, 4) is 67.5 Å². The van der Waals surface area contributed by atoms with Gasteiger partial charge in [0.2, 0.25) is 0 Å². The third-order valence-electron chi connectivity index (χ3n) is 9.38. The average Bonchev–Trinajstić information content (AvgIpc) is 3.99. The zero-order valence-electron chi connectivity index (χ0n) is 27.5. The summed E-state index contributed by atoms with van der Waals surface area (Å²) in [5, 5.41) is 40.7. The van der Waals surface area contributed by atoms with E-state index in [1.54, 1.807) is 48.5 Å². The van der Waals surface area contributed by atoms with E-state index in [0.29, 0.717) is 22.8 Å². The van der Waals surface area contributed by atoms with E-state index < -0.39 is 0 Å². The van der Waals surface area contributed by atoms with Crippen LogP contribution in [0.5, 0.6) is 23.0 Å². The molecule has 5 heterocycles. The lowest BCUT2D eigenvalue weighted by Gasteiger charge is -2.07. The van der Waals surface area contributed by atoms with Gasteiger partial charge in [0.25, 0.3) is 0 Å². The van der Waals surface area contributed by atoms with Crippen LogP contribution in [0, 0.1) is 0 Å². The maximum Gasteiger partial charge on any atom is 0.115 e. The number of benzene rings is 4. The van der Waals surface area contributed by atoms with Crippen LogP contribution in [0.2, 0.25) is 0 Å². The molecule has 0 aliphatic carbocycles. The highest BCUT2D eigenvalue weighted by molar-refractivity contribution is 6.00. The van der Waals surface area contributed by atoms with Gasteiger partial charge in [-0.2, -0.15) is 0 Å². The quantitative estimate of drug-likeness (QED) is 0.110. The minimum absolute atomic E-state index is 0.157. The van der Waals surface area contributed by atoms with Gasteiger partial charge in [0.1, 0.15) is 23.0 Å². The maximum absolute atomic E-state index is 10.2. The van der Waals surface area contributed by atoms with E-state index in [1.807, 2.05) is 97.1 Å². The Morgan fingerprint density at radius 3 is 0.865 bits per heavy atom. The summed E-state index contributed by atoms with van der Waals surface area (Å²) < 4.78 is 0. The van der Waals surface area contributed by atoms with Gasteiger partial charge in [-0.1, -0.05) is 48.5 Å². The molecule has 3 aromatic heterocycles. The second kappa shape index (κ2) is 12.2. The van der Waals surface area contributed by atoms with Gasteiger partial charge >= 0.3 is 0 Å². The zero-order valence-corrected chi connectivity index (χ0v) is 27.5. The number of hydrogen-bond donors (Lipinski definition) is 6. The van der Waals surface area contributed by atoms with Crippen LogP contribution in [0.25, 0.3) is 90.9 Å². The number of aromatic amines is 2. The maximum atomic E-state index is 10.2. The SMILES string of the molecule is Oc1ccc(-c2c3nc(c(-c4ccc(O)cc4)c4ccc([nH]4)c(-c4ccc(O)cc4)c4ccc([nH]4)c(-c4ccc(O)cc4)c4nc2C=C4)C=C3)cc1. The number of nitrogens with one attached hydrogen (secondary N) is 2. The lowest BCUT2D eigenvalue weighted by Crippen LogP contribution is -1.91. The zero-order chi connectivity index (χ0) is 35.3. The Kier molecular flexibility index (Phi) is 7.22. The van der Waals surface area contributed by atoms with Crippen LogP contribution in [0.1, 0.15) is 22.8 Å². The molecule has 0 fully saturated rings. The number of phenols is 4. The van der Waals surface area contributed by atoms with Crippen LogP contribution >= 0.6 is 0 Å². The normalized spacial score (nSPS) is 12.0. The van der Waals surface area contributed by atoms with Gasteiger partial charge in [0.05, 0.1) is 22.8 Å². The van der Waals surface area contributed by atoms with E-state index in [9.17, 15) is 20.4 Å². The second-order valence-electron chi connectivity index (χ2n) is 12.7. The molecule has 0 unspecified atom stereocenters. The molecule has 0 radical (unpaired) electrons. The summed E-state index contributed by atoms with van der Waals surface area (Å²) in [4.78, 5) is 17.8. The monoisotopic (exact) mass is 678 g/mol. The number of aromatic hydroxyl groups is 4. The summed E-state index contributed by atoms with van der Waals surface area (Å²) in [7, 11) is 0. The largest absolute Gasteiger partial charge is 0.508 e. The van der Waals surface area contributed by atoms with Crippen molar-refractivity contribution in [1.29, 1.82) is 0 Å². The third-order valence-corrected chi connectivity index (χ3v) is 9.38. The van der Waals surface area contributed by atoms with Gasteiger partial charge in [0.15, 0.2) is 0 Å². The predicted octanol–water partition coefficient (Wildman–Crippen LogP) is 10.1. The van der Waals surface area contributed by atoms with E-state index in [4.69, 9.17) is 9.97 Å². The lowest BCUT2D eigenvalue weighted by atomic mass is 10.0. The predicted molar refractivity (Wildman–Crippen MR) is 207 cm³/mol. The molecular formula is C44H30N4O4. The molecule has 8 bridgehead atoms. The number of hydrogen-bond acceptors (Lipinski definition) is 6. The fraction of sp³-hybridized carbons (Fsp3) is 0. The van der Waals surface area contributed by atoms with Gasteiger partial charge in [-0.25, -0.2) is 9.97 Å². The Balaban J connectivity index is 1.47. The fourth-order valence-corrected chi connectivity index (χ4v) is 6.93. The van der Waals surface area contributed by atoms with E-state index >= 15 is 0 Å². The first-order chi connectivity index (χ1) is 25.4. The van der Waals surface area contributed by atoms with E-state index in [2.05, 4.69) is 9.97 Å². The summed E-state index contributed by atoms with van der Waals surface area (Å²) in [5.74, 6) is 0.651. The molecule has 0 amide bonds. The number of phenolic OH excluding ortho intramolecular Hbond substituents is 4. The molecule has 2 aliphatic heterocycles. The molecular weight excluding hydrogens is 649 g/mol. The molecule has 9 rings (SSSR count). The van der Waals surface area contributed by atoms with E-state index in [0.717, 1.165) is 66.6 Å². The molecule has 7 aromatic rings. The van der Waals surface area contributed by atoms with Gasteiger partial charge in [-0.05, 0) is 119 Å². The summed E-state index contributed by atoms with van der Waals surface area (Å²) in [5.41, 5.74) is 12.9. The Labute approximate surface area is 297 Å². The lowest BCUT2D eigenvalue weighted by molar-refractivity contribution is 0.475. The molecule has 8 nitrogen and oxygen atoms in total. The number of fused-ring (bicyclic) bond motifs is 8. The first kappa shape index (κ1) is 30.7. The van der Waals surface area contributed by atoms with Crippen LogP contribution in [0.3, 0.4) is 0 Å². The molecule has 8 heteroatoms. The van der Waals surface area contributed by atoms with E-state index in [1.165, 1.54) is 0 Å². The van der Waals surface area contributed by atoms with Gasteiger partial charge in [0, 0.05) is 44.3 Å². The summed E-state index contributed by atoms with van der Waals surface area (Å²) in [6.45, 7) is 0. The highest BCUT2D eigenvalue weighted by Gasteiger charge is 2.19. The smallest absolute Gasteiger partial charge is 0.115 e. The molecule has 250 valence electrons. The molecule has 0 saturated carbocycles.